The molecular weight excluding hydrogens is 393 g/mol. The molecule has 0 bridgehead atoms. The number of hydrogen-bond acceptors (Lipinski definition) is 4. The number of hydrogen-bond donors (Lipinski definition) is 2. The van der Waals surface area contributed by atoms with Crippen molar-refractivity contribution >= 4 is 25.7 Å². The molecule has 6 nitrogen and oxygen atoms in total. The Balaban J connectivity index is 2.07. The smallest absolute Gasteiger partial charge is 0.283 e. The molecular formula is C15H15F3N2O4S2. The summed E-state index contributed by atoms with van der Waals surface area (Å²) in [7, 11) is -8.08. The maximum absolute atomic E-state index is 12.1. The minimum absolute atomic E-state index is 0.0932. The Morgan fingerprint density at radius 1 is 0.846 bits per heavy atom. The molecule has 2 aromatic carbocycles. The number of halogens is 3. The quantitative estimate of drug-likeness (QED) is 0.736. The fourth-order valence-electron chi connectivity index (χ4n) is 1.97. The summed E-state index contributed by atoms with van der Waals surface area (Å²) in [5.41, 5.74) is 0.659. The van der Waals surface area contributed by atoms with E-state index in [9.17, 15) is 30.0 Å². The van der Waals surface area contributed by atoms with Crippen LogP contribution >= 0.6 is 0 Å². The summed E-state index contributed by atoms with van der Waals surface area (Å²) < 4.78 is 87.8. The molecule has 0 aromatic heterocycles. The van der Waals surface area contributed by atoms with Gasteiger partial charge in [-0.25, -0.2) is 21.6 Å². The fraction of sp³-hybridized carbons (Fsp3) is 0.200. The summed E-state index contributed by atoms with van der Waals surface area (Å²) in [6, 6.07) is 12.8. The van der Waals surface area contributed by atoms with Crippen molar-refractivity contribution in [3.05, 3.63) is 60.2 Å². The minimum Gasteiger partial charge on any atom is -0.283 e. The van der Waals surface area contributed by atoms with E-state index in [2.05, 4.69) is 4.72 Å². The van der Waals surface area contributed by atoms with Gasteiger partial charge in [-0.2, -0.15) is 13.2 Å². The summed E-state index contributed by atoms with van der Waals surface area (Å²) in [6.45, 7) is -1.69. The Labute approximate surface area is 149 Å². The topological polar surface area (TPSA) is 92.3 Å². The lowest BCUT2D eigenvalue weighted by molar-refractivity contribution is -0.121. The van der Waals surface area contributed by atoms with E-state index in [-0.39, 0.29) is 11.4 Å². The van der Waals surface area contributed by atoms with Crippen molar-refractivity contribution in [1.29, 1.82) is 0 Å². The van der Waals surface area contributed by atoms with Crippen LogP contribution < -0.4 is 9.44 Å². The third-order valence-corrected chi connectivity index (χ3v) is 5.78. The average molecular weight is 408 g/mol. The van der Waals surface area contributed by atoms with Crippen LogP contribution in [0.25, 0.3) is 0 Å². The van der Waals surface area contributed by atoms with Gasteiger partial charge in [0.1, 0.15) is 6.54 Å². The third-order valence-electron chi connectivity index (χ3n) is 3.10. The van der Waals surface area contributed by atoms with Crippen LogP contribution in [0.1, 0.15) is 5.56 Å². The van der Waals surface area contributed by atoms with E-state index in [1.54, 1.807) is 30.3 Å². The maximum atomic E-state index is 12.1. The highest BCUT2D eigenvalue weighted by atomic mass is 32.2. The number of benzene rings is 2. The van der Waals surface area contributed by atoms with Gasteiger partial charge in [-0.15, -0.1) is 0 Å². The predicted octanol–water partition coefficient (Wildman–Crippen LogP) is 2.47. The highest BCUT2D eigenvalue weighted by molar-refractivity contribution is 7.92. The Morgan fingerprint density at radius 2 is 1.42 bits per heavy atom. The van der Waals surface area contributed by atoms with Gasteiger partial charge in [0.05, 0.1) is 10.6 Å². The molecule has 0 aliphatic rings. The van der Waals surface area contributed by atoms with Crippen LogP contribution in [-0.4, -0.2) is 29.6 Å². The van der Waals surface area contributed by atoms with E-state index in [0.717, 1.165) is 24.3 Å². The highest BCUT2D eigenvalue weighted by Gasteiger charge is 2.30. The van der Waals surface area contributed by atoms with Gasteiger partial charge < -0.3 is 0 Å². The average Bonchev–Trinajstić information content (AvgIpc) is 2.53. The first-order valence-corrected chi connectivity index (χ1v) is 10.3. The SMILES string of the molecule is O=S(=O)(Cc1ccccc1)Nc1ccc(S(=O)(=O)NCC(F)(F)F)cc1. The molecule has 2 rings (SSSR count). The van der Waals surface area contributed by atoms with Crippen LogP contribution in [0.4, 0.5) is 18.9 Å². The Hall–Kier alpha value is -2.11. The van der Waals surface area contributed by atoms with E-state index in [4.69, 9.17) is 0 Å². The van der Waals surface area contributed by atoms with E-state index in [1.807, 2.05) is 0 Å². The molecule has 0 saturated heterocycles. The Bertz CT molecular complexity index is 943. The van der Waals surface area contributed by atoms with Gasteiger partial charge in [-0.3, -0.25) is 4.72 Å². The van der Waals surface area contributed by atoms with Crippen molar-refractivity contribution in [2.45, 2.75) is 16.8 Å². The largest absolute Gasteiger partial charge is 0.402 e. The van der Waals surface area contributed by atoms with Crippen LogP contribution in [0.3, 0.4) is 0 Å². The molecule has 0 saturated carbocycles. The van der Waals surface area contributed by atoms with Crippen LogP contribution in [0.15, 0.2) is 59.5 Å². The van der Waals surface area contributed by atoms with Gasteiger partial charge in [0.25, 0.3) is 0 Å². The molecule has 0 atom stereocenters. The summed E-state index contributed by atoms with van der Waals surface area (Å²) in [6.07, 6.45) is -4.68. The molecule has 2 N–H and O–H groups in total. The van der Waals surface area contributed by atoms with Crippen molar-refractivity contribution in [2.24, 2.45) is 0 Å². The first-order valence-electron chi connectivity index (χ1n) is 7.18. The van der Waals surface area contributed by atoms with E-state index >= 15 is 0 Å². The van der Waals surface area contributed by atoms with Crippen molar-refractivity contribution in [1.82, 2.24) is 4.72 Å². The van der Waals surface area contributed by atoms with Crippen molar-refractivity contribution in [3.8, 4) is 0 Å². The molecule has 142 valence electrons. The zero-order valence-corrected chi connectivity index (χ0v) is 14.8. The third kappa shape index (κ3) is 6.32. The lowest BCUT2D eigenvalue weighted by atomic mass is 10.2. The standard InChI is InChI=1S/C15H15F3N2O4S2/c16-15(17,18)11-19-26(23,24)14-8-6-13(7-9-14)20-25(21,22)10-12-4-2-1-3-5-12/h1-9,19-20H,10-11H2. The van der Waals surface area contributed by atoms with Gasteiger partial charge in [0.2, 0.25) is 20.0 Å². The van der Waals surface area contributed by atoms with E-state index in [0.29, 0.717) is 5.56 Å². The number of sulfonamides is 2. The molecule has 0 unspecified atom stereocenters. The maximum Gasteiger partial charge on any atom is 0.402 e. The molecule has 0 heterocycles. The number of rotatable bonds is 7. The van der Waals surface area contributed by atoms with Crippen LogP contribution in [0, 0.1) is 0 Å². The zero-order chi connectivity index (χ0) is 19.4. The Kier molecular flexibility index (Phi) is 5.94. The van der Waals surface area contributed by atoms with Crippen molar-refractivity contribution in [2.75, 3.05) is 11.3 Å². The second-order valence-corrected chi connectivity index (χ2v) is 8.80. The molecule has 0 fully saturated rings. The van der Waals surface area contributed by atoms with Gasteiger partial charge in [-0.05, 0) is 29.8 Å². The first kappa shape index (κ1) is 20.2. The summed E-state index contributed by atoms with van der Waals surface area (Å²) >= 11 is 0. The first-order chi connectivity index (χ1) is 12.0. The Morgan fingerprint density at radius 3 is 1.96 bits per heavy atom. The normalized spacial score (nSPS) is 12.7. The summed E-state index contributed by atoms with van der Waals surface area (Å²) in [4.78, 5) is -0.409. The molecule has 0 spiro atoms. The second-order valence-electron chi connectivity index (χ2n) is 5.31. The monoisotopic (exact) mass is 408 g/mol. The summed E-state index contributed by atoms with van der Waals surface area (Å²) in [5.74, 6) is -0.277. The van der Waals surface area contributed by atoms with Gasteiger partial charge in [0.15, 0.2) is 0 Å². The van der Waals surface area contributed by atoms with Gasteiger partial charge in [-0.1, -0.05) is 30.3 Å². The molecule has 0 aliphatic carbocycles. The van der Waals surface area contributed by atoms with Crippen LogP contribution in [0.2, 0.25) is 0 Å². The van der Waals surface area contributed by atoms with Crippen LogP contribution in [0.5, 0.6) is 0 Å². The number of nitrogens with one attached hydrogen (secondary N) is 2. The van der Waals surface area contributed by atoms with Gasteiger partial charge >= 0.3 is 6.18 Å². The van der Waals surface area contributed by atoms with Crippen molar-refractivity contribution in [3.63, 3.8) is 0 Å². The summed E-state index contributed by atoms with van der Waals surface area (Å²) in [5, 5.41) is 0. The highest BCUT2D eigenvalue weighted by Crippen LogP contribution is 2.18. The molecule has 2 aromatic rings. The second kappa shape index (κ2) is 7.64. The fourth-order valence-corrected chi connectivity index (χ4v) is 4.18. The molecule has 0 radical (unpaired) electrons. The predicted molar refractivity (Wildman–Crippen MR) is 90.4 cm³/mol. The molecule has 0 aliphatic heterocycles. The van der Waals surface area contributed by atoms with Crippen LogP contribution in [-0.2, 0) is 25.8 Å². The van der Waals surface area contributed by atoms with E-state index in [1.165, 1.54) is 4.72 Å². The lowest BCUT2D eigenvalue weighted by Crippen LogP contribution is -2.33. The molecule has 0 amide bonds. The molecule has 11 heteroatoms. The minimum atomic E-state index is -4.68. The zero-order valence-electron chi connectivity index (χ0n) is 13.2. The molecule has 26 heavy (non-hydrogen) atoms. The van der Waals surface area contributed by atoms with Gasteiger partial charge in [0, 0.05) is 5.69 Å². The lowest BCUT2D eigenvalue weighted by Gasteiger charge is -2.11. The van der Waals surface area contributed by atoms with E-state index < -0.39 is 37.7 Å². The number of anilines is 1. The number of alkyl halides is 3. The van der Waals surface area contributed by atoms with Crippen molar-refractivity contribution < 1.29 is 30.0 Å².